The molecule has 0 amide bonds. The number of benzene rings is 2. The average Bonchev–Trinajstić information content (AvgIpc) is 2.83. The molecule has 0 radical (unpaired) electrons. The van der Waals surface area contributed by atoms with E-state index in [0.29, 0.717) is 6.04 Å². The number of hydrogen-bond donors (Lipinski definition) is 1. The summed E-state index contributed by atoms with van der Waals surface area (Å²) >= 11 is 0. The van der Waals surface area contributed by atoms with Gasteiger partial charge in [0.1, 0.15) is 5.82 Å². The number of nitrogens with one attached hydrogen (secondary N) is 1. The highest BCUT2D eigenvalue weighted by Gasteiger charge is 2.18. The van der Waals surface area contributed by atoms with Crippen LogP contribution in [0.2, 0.25) is 0 Å². The fourth-order valence-corrected chi connectivity index (χ4v) is 2.54. The van der Waals surface area contributed by atoms with E-state index in [2.05, 4.69) is 5.32 Å². The molecule has 1 N–H and O–H groups in total. The van der Waals surface area contributed by atoms with E-state index in [1.807, 2.05) is 30.3 Å². The molecule has 0 saturated carbocycles. The molecule has 0 unspecified atom stereocenters. The van der Waals surface area contributed by atoms with E-state index in [4.69, 9.17) is 0 Å². The summed E-state index contributed by atoms with van der Waals surface area (Å²) in [6.45, 7) is 1.07. The zero-order valence-corrected chi connectivity index (χ0v) is 9.04. The van der Waals surface area contributed by atoms with Gasteiger partial charge in [0.25, 0.3) is 0 Å². The summed E-state index contributed by atoms with van der Waals surface area (Å²) in [5.41, 5.74) is 1.23. The minimum atomic E-state index is -0.127. The molecule has 0 aliphatic carbocycles. The van der Waals surface area contributed by atoms with Gasteiger partial charge in [-0.1, -0.05) is 30.3 Å². The Balaban J connectivity index is 2.21. The van der Waals surface area contributed by atoms with Crippen LogP contribution < -0.4 is 5.32 Å². The zero-order valence-electron chi connectivity index (χ0n) is 9.04. The Hall–Kier alpha value is -1.41. The van der Waals surface area contributed by atoms with Crippen LogP contribution in [0.15, 0.2) is 36.4 Å². The van der Waals surface area contributed by atoms with Crippen LogP contribution in [0, 0.1) is 5.82 Å². The summed E-state index contributed by atoms with van der Waals surface area (Å²) in [6.07, 6.45) is 2.35. The van der Waals surface area contributed by atoms with Crippen LogP contribution >= 0.6 is 0 Å². The first-order valence-electron chi connectivity index (χ1n) is 5.77. The Labute approximate surface area is 94.3 Å². The lowest BCUT2D eigenvalue weighted by Crippen LogP contribution is -2.13. The molecule has 1 atom stereocenters. The second-order valence-corrected chi connectivity index (χ2v) is 4.33. The molecule has 2 aromatic carbocycles. The molecular weight excluding hydrogens is 201 g/mol. The monoisotopic (exact) mass is 215 g/mol. The molecule has 0 bridgehead atoms. The molecule has 0 spiro atoms. The lowest BCUT2D eigenvalue weighted by Gasteiger charge is -2.14. The lowest BCUT2D eigenvalue weighted by atomic mass is 9.97. The third-order valence-electron chi connectivity index (χ3n) is 3.34. The smallest absolute Gasteiger partial charge is 0.131 e. The summed E-state index contributed by atoms with van der Waals surface area (Å²) in [5.74, 6) is -0.127. The molecule has 1 heterocycles. The van der Waals surface area contributed by atoms with E-state index < -0.39 is 0 Å². The van der Waals surface area contributed by atoms with E-state index in [1.165, 1.54) is 12.0 Å². The molecule has 1 saturated heterocycles. The maximum Gasteiger partial charge on any atom is 0.131 e. The molecular formula is C14H14FN. The molecule has 1 fully saturated rings. The number of hydrogen-bond acceptors (Lipinski definition) is 1. The van der Waals surface area contributed by atoms with Crippen LogP contribution in [-0.2, 0) is 0 Å². The molecule has 0 aromatic heterocycles. The van der Waals surface area contributed by atoms with Crippen LogP contribution in [0.25, 0.3) is 10.8 Å². The first-order chi connectivity index (χ1) is 7.86. The van der Waals surface area contributed by atoms with Gasteiger partial charge in [0.15, 0.2) is 0 Å². The summed E-state index contributed by atoms with van der Waals surface area (Å²) in [6, 6.07) is 11.6. The molecule has 2 aromatic rings. The topological polar surface area (TPSA) is 12.0 Å². The van der Waals surface area contributed by atoms with Crippen molar-refractivity contribution in [3.05, 3.63) is 47.8 Å². The van der Waals surface area contributed by atoms with E-state index in [1.54, 1.807) is 6.07 Å². The summed E-state index contributed by atoms with van der Waals surface area (Å²) in [4.78, 5) is 0. The highest BCUT2D eigenvalue weighted by atomic mass is 19.1. The van der Waals surface area contributed by atoms with Crippen LogP contribution in [0.1, 0.15) is 24.4 Å². The standard InChI is InChI=1S/C14H14FN/c15-13-8-7-12(14-6-3-9-16-14)10-4-1-2-5-11(10)13/h1-2,4-5,7-8,14,16H,3,6,9H2/t14-/m1/s1. The SMILES string of the molecule is Fc1ccc([C@H]2CCCN2)c2ccccc12. The first-order valence-corrected chi connectivity index (χ1v) is 5.77. The Morgan fingerprint density at radius 3 is 2.62 bits per heavy atom. The number of fused-ring (bicyclic) bond motifs is 1. The Kier molecular flexibility index (Phi) is 2.37. The van der Waals surface area contributed by atoms with Gasteiger partial charge in [0.05, 0.1) is 0 Å². The fraction of sp³-hybridized carbons (Fsp3) is 0.286. The van der Waals surface area contributed by atoms with Gasteiger partial charge in [0, 0.05) is 11.4 Å². The van der Waals surface area contributed by atoms with Gasteiger partial charge in [-0.2, -0.15) is 0 Å². The maximum absolute atomic E-state index is 13.6. The minimum Gasteiger partial charge on any atom is -0.310 e. The van der Waals surface area contributed by atoms with Crippen molar-refractivity contribution in [3.8, 4) is 0 Å². The van der Waals surface area contributed by atoms with Crippen LogP contribution in [0.3, 0.4) is 0 Å². The van der Waals surface area contributed by atoms with Crippen molar-refractivity contribution in [2.24, 2.45) is 0 Å². The largest absolute Gasteiger partial charge is 0.310 e. The molecule has 1 nitrogen and oxygen atoms in total. The van der Waals surface area contributed by atoms with E-state index in [-0.39, 0.29) is 5.82 Å². The van der Waals surface area contributed by atoms with Crippen molar-refractivity contribution < 1.29 is 4.39 Å². The maximum atomic E-state index is 13.6. The van der Waals surface area contributed by atoms with Gasteiger partial charge < -0.3 is 5.32 Å². The average molecular weight is 215 g/mol. The third kappa shape index (κ3) is 1.50. The van der Waals surface area contributed by atoms with E-state index in [9.17, 15) is 4.39 Å². The lowest BCUT2D eigenvalue weighted by molar-refractivity contribution is 0.631. The minimum absolute atomic E-state index is 0.127. The number of rotatable bonds is 1. The zero-order chi connectivity index (χ0) is 11.0. The molecule has 3 rings (SSSR count). The van der Waals surface area contributed by atoms with Crippen LogP contribution in [0.5, 0.6) is 0 Å². The summed E-state index contributed by atoms with van der Waals surface area (Å²) in [5, 5.41) is 5.24. The summed E-state index contributed by atoms with van der Waals surface area (Å²) in [7, 11) is 0. The van der Waals surface area contributed by atoms with Crippen molar-refractivity contribution >= 4 is 10.8 Å². The molecule has 82 valence electrons. The second-order valence-electron chi connectivity index (χ2n) is 4.33. The highest BCUT2D eigenvalue weighted by molar-refractivity contribution is 5.86. The van der Waals surface area contributed by atoms with Crippen LogP contribution in [-0.4, -0.2) is 6.54 Å². The van der Waals surface area contributed by atoms with Gasteiger partial charge in [-0.25, -0.2) is 4.39 Å². The third-order valence-corrected chi connectivity index (χ3v) is 3.34. The first kappa shape index (κ1) is 9.79. The quantitative estimate of drug-likeness (QED) is 0.768. The molecule has 16 heavy (non-hydrogen) atoms. The molecule has 2 heteroatoms. The predicted molar refractivity (Wildman–Crippen MR) is 63.9 cm³/mol. The highest BCUT2D eigenvalue weighted by Crippen LogP contribution is 2.30. The second kappa shape index (κ2) is 3.87. The van der Waals surface area contributed by atoms with Gasteiger partial charge in [-0.05, 0) is 36.4 Å². The molecule has 1 aliphatic rings. The Morgan fingerprint density at radius 1 is 1.06 bits per heavy atom. The van der Waals surface area contributed by atoms with Crippen molar-refractivity contribution in [1.82, 2.24) is 5.32 Å². The Morgan fingerprint density at radius 2 is 1.88 bits per heavy atom. The fourth-order valence-electron chi connectivity index (χ4n) is 2.54. The van der Waals surface area contributed by atoms with E-state index >= 15 is 0 Å². The summed E-state index contributed by atoms with van der Waals surface area (Å²) < 4.78 is 13.6. The van der Waals surface area contributed by atoms with Gasteiger partial charge in [-0.3, -0.25) is 0 Å². The van der Waals surface area contributed by atoms with Crippen molar-refractivity contribution in [3.63, 3.8) is 0 Å². The van der Waals surface area contributed by atoms with Crippen molar-refractivity contribution in [2.75, 3.05) is 6.54 Å². The normalized spacial score (nSPS) is 20.4. The van der Waals surface area contributed by atoms with Crippen molar-refractivity contribution in [1.29, 1.82) is 0 Å². The predicted octanol–water partition coefficient (Wildman–Crippen LogP) is 3.40. The van der Waals surface area contributed by atoms with Gasteiger partial charge in [-0.15, -0.1) is 0 Å². The van der Waals surface area contributed by atoms with Gasteiger partial charge in [0.2, 0.25) is 0 Å². The van der Waals surface area contributed by atoms with Crippen molar-refractivity contribution in [2.45, 2.75) is 18.9 Å². The van der Waals surface area contributed by atoms with Gasteiger partial charge >= 0.3 is 0 Å². The Bertz CT molecular complexity index is 515. The molecule has 1 aliphatic heterocycles. The number of halogens is 1. The van der Waals surface area contributed by atoms with E-state index in [0.717, 1.165) is 23.7 Å². The van der Waals surface area contributed by atoms with Crippen LogP contribution in [0.4, 0.5) is 4.39 Å².